The molecular formula is C39H40ClN5O6. The third-order valence-electron chi connectivity index (χ3n) is 8.97. The van der Waals surface area contributed by atoms with Crippen LogP contribution in [0.15, 0.2) is 102 Å². The van der Waals surface area contributed by atoms with E-state index in [1.165, 1.54) is 12.1 Å². The number of aromatic amines is 1. The lowest BCUT2D eigenvalue weighted by Crippen LogP contribution is -2.39. The molecule has 2 heterocycles. The van der Waals surface area contributed by atoms with Crippen molar-refractivity contribution in [1.82, 2.24) is 15.2 Å². The number of aromatic nitrogens is 1. The Bertz CT molecular complexity index is 2050. The molecule has 1 aromatic heterocycles. The van der Waals surface area contributed by atoms with Gasteiger partial charge in [-0.3, -0.25) is 14.9 Å². The van der Waals surface area contributed by atoms with Crippen LogP contribution >= 0.6 is 11.6 Å². The van der Waals surface area contributed by atoms with Crippen LogP contribution in [0, 0.1) is 0 Å². The summed E-state index contributed by atoms with van der Waals surface area (Å²) >= 11 is 6.52. The SMILES string of the molecule is O=C(CCN1CCC(OC(=O)Nc2ccccc2-c2ccccc2)CC1)Nc1ccc(CNC[C@H](O)c2ccc(O)c3[nH]c(=O)ccc23)c(Cl)c1. The Kier molecular flexibility index (Phi) is 11.6. The van der Waals surface area contributed by atoms with Crippen LogP contribution in [0.3, 0.4) is 0 Å². The van der Waals surface area contributed by atoms with Gasteiger partial charge in [0.05, 0.1) is 17.3 Å². The number of phenolic OH excluding ortho intramolecular Hbond substituents is 1. The molecule has 11 nitrogen and oxygen atoms in total. The van der Waals surface area contributed by atoms with Gasteiger partial charge >= 0.3 is 6.09 Å². The zero-order valence-corrected chi connectivity index (χ0v) is 28.7. The van der Waals surface area contributed by atoms with Gasteiger partial charge in [-0.2, -0.15) is 0 Å². The number of aliphatic hydroxyl groups is 1. The smallest absolute Gasteiger partial charge is 0.411 e. The van der Waals surface area contributed by atoms with Crippen molar-refractivity contribution in [2.75, 3.05) is 36.8 Å². The Hall–Kier alpha value is -5.20. The van der Waals surface area contributed by atoms with Gasteiger partial charge in [0.15, 0.2) is 0 Å². The van der Waals surface area contributed by atoms with Crippen LogP contribution in [-0.2, 0) is 16.1 Å². The summed E-state index contributed by atoms with van der Waals surface area (Å²) in [7, 11) is 0. The topological polar surface area (TPSA) is 156 Å². The molecule has 0 aliphatic carbocycles. The van der Waals surface area contributed by atoms with Gasteiger partial charge in [-0.25, -0.2) is 4.79 Å². The number of H-pyrrole nitrogens is 1. The molecule has 1 aliphatic rings. The zero-order chi connectivity index (χ0) is 35.7. The van der Waals surface area contributed by atoms with Crippen LogP contribution in [0.4, 0.5) is 16.2 Å². The summed E-state index contributed by atoms with van der Waals surface area (Å²) < 4.78 is 5.73. The van der Waals surface area contributed by atoms with Crippen LogP contribution < -0.4 is 21.5 Å². The molecule has 6 N–H and O–H groups in total. The highest BCUT2D eigenvalue weighted by atomic mass is 35.5. The molecule has 0 saturated carbocycles. The van der Waals surface area contributed by atoms with Gasteiger partial charge in [0.1, 0.15) is 11.9 Å². The number of aromatic hydroxyl groups is 1. The van der Waals surface area contributed by atoms with Crippen molar-refractivity contribution in [3.63, 3.8) is 0 Å². The number of ether oxygens (including phenoxy) is 1. The maximum absolute atomic E-state index is 12.7. The molecule has 4 aromatic carbocycles. The van der Waals surface area contributed by atoms with E-state index in [2.05, 4.69) is 25.8 Å². The molecule has 1 saturated heterocycles. The molecule has 6 rings (SSSR count). The van der Waals surface area contributed by atoms with E-state index >= 15 is 0 Å². The number of benzene rings is 4. The van der Waals surface area contributed by atoms with Gasteiger partial charge in [0.25, 0.3) is 0 Å². The second-order valence-corrected chi connectivity index (χ2v) is 12.9. The number of nitrogens with zero attached hydrogens (tertiary/aromatic N) is 1. The number of likely N-dealkylation sites (tertiary alicyclic amines) is 1. The molecule has 5 aromatic rings. The minimum Gasteiger partial charge on any atom is -0.506 e. The van der Waals surface area contributed by atoms with Crippen LogP contribution in [0.2, 0.25) is 5.02 Å². The summed E-state index contributed by atoms with van der Waals surface area (Å²) in [5, 5.41) is 30.9. The Morgan fingerprint density at radius 2 is 1.71 bits per heavy atom. The highest BCUT2D eigenvalue weighted by Crippen LogP contribution is 2.30. The molecule has 1 aliphatic heterocycles. The first-order valence-electron chi connectivity index (χ1n) is 16.9. The standard InChI is InChI=1S/C39H40ClN5O6/c40-32-22-27(11-10-26(32)23-41-24-35(47)30-12-14-34(46)38-31(30)13-15-36(48)44-38)42-37(49)18-21-45-19-16-28(17-20-45)51-39(50)43-33-9-5-4-8-29(33)25-6-2-1-3-7-25/h1-15,22,28,35,41,46-47H,16-21,23-24H2,(H,42,49)(H,43,50)(H,44,48)/t35-/m0/s1. The Balaban J connectivity index is 0.906. The second-order valence-electron chi connectivity index (χ2n) is 12.5. The van der Waals surface area contributed by atoms with E-state index in [0.29, 0.717) is 59.7 Å². The van der Waals surface area contributed by atoms with Gasteiger partial charge in [-0.05, 0) is 59.9 Å². The predicted molar refractivity (Wildman–Crippen MR) is 199 cm³/mol. The number of para-hydroxylation sites is 1. The van der Waals surface area contributed by atoms with Crippen LogP contribution in [0.1, 0.15) is 36.5 Å². The fourth-order valence-corrected chi connectivity index (χ4v) is 6.51. The van der Waals surface area contributed by atoms with Crippen molar-refractivity contribution in [3.05, 3.63) is 124 Å². The van der Waals surface area contributed by atoms with Gasteiger partial charge in [0.2, 0.25) is 11.5 Å². The average molecular weight is 710 g/mol. The molecule has 0 bridgehead atoms. The number of rotatable bonds is 12. The number of carbonyl (C=O) groups excluding carboxylic acids is 2. The quantitative estimate of drug-likeness (QED) is 0.0867. The number of hydrogen-bond donors (Lipinski definition) is 6. The first-order chi connectivity index (χ1) is 24.7. The number of hydrogen-bond acceptors (Lipinski definition) is 8. The van der Waals surface area contributed by atoms with Crippen molar-refractivity contribution < 1.29 is 24.5 Å². The maximum Gasteiger partial charge on any atom is 0.411 e. The molecule has 0 unspecified atom stereocenters. The van der Waals surface area contributed by atoms with E-state index in [1.807, 2.05) is 60.7 Å². The highest BCUT2D eigenvalue weighted by Gasteiger charge is 2.23. The minimum atomic E-state index is -0.900. The van der Waals surface area contributed by atoms with Crippen molar-refractivity contribution in [1.29, 1.82) is 0 Å². The molecule has 12 heteroatoms. The second kappa shape index (κ2) is 16.7. The number of aliphatic hydroxyl groups excluding tert-OH is 1. The van der Waals surface area contributed by atoms with E-state index < -0.39 is 12.2 Å². The number of pyridine rings is 1. The minimum absolute atomic E-state index is 0.0685. The van der Waals surface area contributed by atoms with Gasteiger partial charge in [0, 0.05) is 66.9 Å². The average Bonchev–Trinajstić information content (AvgIpc) is 3.13. The molecular weight excluding hydrogens is 670 g/mol. The van der Waals surface area contributed by atoms with Crippen molar-refractivity contribution >= 4 is 45.9 Å². The number of nitrogens with one attached hydrogen (secondary N) is 4. The summed E-state index contributed by atoms with van der Waals surface area (Å²) in [4.78, 5) is 41.9. The molecule has 264 valence electrons. The number of phenols is 1. The van der Waals surface area contributed by atoms with E-state index in [9.17, 15) is 24.6 Å². The summed E-state index contributed by atoms with van der Waals surface area (Å²) in [5.74, 6) is -0.196. The maximum atomic E-state index is 12.7. The van der Waals surface area contributed by atoms with Crippen molar-refractivity contribution in [3.8, 4) is 16.9 Å². The van der Waals surface area contributed by atoms with Crippen molar-refractivity contribution in [2.24, 2.45) is 0 Å². The van der Waals surface area contributed by atoms with Gasteiger partial charge < -0.3 is 35.5 Å². The Morgan fingerprint density at radius 3 is 2.49 bits per heavy atom. The number of piperidine rings is 1. The van der Waals surface area contributed by atoms with Crippen LogP contribution in [0.5, 0.6) is 5.75 Å². The summed E-state index contributed by atoms with van der Waals surface area (Å²) in [6.45, 7) is 2.60. The third-order valence-corrected chi connectivity index (χ3v) is 9.32. The lowest BCUT2D eigenvalue weighted by molar-refractivity contribution is -0.116. The summed E-state index contributed by atoms with van der Waals surface area (Å²) in [6.07, 6.45) is 0.102. The molecule has 1 atom stereocenters. The first-order valence-corrected chi connectivity index (χ1v) is 17.3. The van der Waals surface area contributed by atoms with Gasteiger partial charge in [-0.15, -0.1) is 0 Å². The molecule has 1 fully saturated rings. The van der Waals surface area contributed by atoms with Crippen LogP contribution in [-0.4, -0.2) is 64.4 Å². The van der Waals surface area contributed by atoms with Crippen molar-refractivity contribution in [2.45, 2.75) is 38.0 Å². The Morgan fingerprint density at radius 1 is 0.941 bits per heavy atom. The summed E-state index contributed by atoms with van der Waals surface area (Å²) in [6, 6.07) is 28.8. The zero-order valence-electron chi connectivity index (χ0n) is 27.9. The lowest BCUT2D eigenvalue weighted by atomic mass is 10.0. The van der Waals surface area contributed by atoms with Gasteiger partial charge in [-0.1, -0.05) is 72.3 Å². The lowest BCUT2D eigenvalue weighted by Gasteiger charge is -2.31. The van der Waals surface area contributed by atoms with E-state index in [-0.39, 0.29) is 35.4 Å². The number of fused-ring (bicyclic) bond motifs is 1. The number of anilines is 2. The Labute approximate surface area is 300 Å². The highest BCUT2D eigenvalue weighted by molar-refractivity contribution is 6.31. The summed E-state index contributed by atoms with van der Waals surface area (Å²) in [5.41, 5.74) is 4.51. The molecule has 2 amide bonds. The largest absolute Gasteiger partial charge is 0.506 e. The molecule has 0 spiro atoms. The van der Waals surface area contributed by atoms with E-state index in [0.717, 1.165) is 29.8 Å². The molecule has 0 radical (unpaired) electrons. The number of halogens is 1. The predicted octanol–water partition coefficient (Wildman–Crippen LogP) is 6.42. The van der Waals surface area contributed by atoms with E-state index in [4.69, 9.17) is 16.3 Å². The molecule has 51 heavy (non-hydrogen) atoms. The van der Waals surface area contributed by atoms with E-state index in [1.54, 1.807) is 24.3 Å². The van der Waals surface area contributed by atoms with Crippen LogP contribution in [0.25, 0.3) is 22.0 Å². The number of amides is 2. The fraction of sp³-hybridized carbons (Fsp3) is 0.256. The monoisotopic (exact) mass is 709 g/mol. The fourth-order valence-electron chi connectivity index (χ4n) is 6.26. The number of carbonyl (C=O) groups is 2. The third kappa shape index (κ3) is 9.33. The normalized spacial score (nSPS) is 14.2. The first kappa shape index (κ1) is 35.6.